The first kappa shape index (κ1) is 10.4. The molecule has 0 N–H and O–H groups in total. The van der Waals surface area contributed by atoms with Gasteiger partial charge in [-0.15, -0.1) is 0 Å². The van der Waals surface area contributed by atoms with Gasteiger partial charge in [0.15, 0.2) is 0 Å². The molecular formula is C13H15NO3. The molecule has 17 heavy (non-hydrogen) atoms. The minimum Gasteiger partial charge on any atom is -0.497 e. The summed E-state index contributed by atoms with van der Waals surface area (Å²) in [6.07, 6.45) is 1.82. The van der Waals surface area contributed by atoms with Gasteiger partial charge in [-0.1, -0.05) is 12.1 Å². The number of rotatable bonds is 2. The Hall–Kier alpha value is -1.71. The van der Waals surface area contributed by atoms with Gasteiger partial charge < -0.3 is 14.4 Å². The molecule has 1 aromatic rings. The summed E-state index contributed by atoms with van der Waals surface area (Å²) in [7, 11) is 1.64. The molecule has 0 aliphatic carbocycles. The molecule has 0 spiro atoms. The van der Waals surface area contributed by atoms with Crippen LogP contribution >= 0.6 is 0 Å². The Morgan fingerprint density at radius 1 is 1.35 bits per heavy atom. The molecule has 0 bridgehead atoms. The third-order valence-corrected chi connectivity index (χ3v) is 3.56. The molecular weight excluding hydrogens is 218 g/mol. The van der Waals surface area contributed by atoms with Crippen LogP contribution in [0.4, 0.5) is 4.79 Å². The van der Waals surface area contributed by atoms with Crippen LogP contribution in [0.2, 0.25) is 0 Å². The number of ether oxygens (including phenoxy) is 2. The van der Waals surface area contributed by atoms with Crippen LogP contribution in [-0.2, 0) is 4.74 Å². The van der Waals surface area contributed by atoms with Crippen molar-refractivity contribution >= 4 is 6.09 Å². The maximum absolute atomic E-state index is 11.6. The van der Waals surface area contributed by atoms with E-state index in [1.165, 1.54) is 0 Å². The van der Waals surface area contributed by atoms with E-state index in [1.807, 2.05) is 29.2 Å². The van der Waals surface area contributed by atoms with E-state index in [0.717, 1.165) is 30.7 Å². The highest BCUT2D eigenvalue weighted by molar-refractivity contribution is 5.71. The normalized spacial score (nSPS) is 26.9. The molecule has 0 unspecified atom stereocenters. The van der Waals surface area contributed by atoms with Crippen molar-refractivity contribution in [2.75, 3.05) is 13.7 Å². The minimum atomic E-state index is -0.173. The van der Waals surface area contributed by atoms with Gasteiger partial charge in [0.1, 0.15) is 11.9 Å². The fraction of sp³-hybridized carbons (Fsp3) is 0.462. The Bertz CT molecular complexity index is 429. The lowest BCUT2D eigenvalue weighted by Gasteiger charge is -2.16. The van der Waals surface area contributed by atoms with Gasteiger partial charge in [-0.25, -0.2) is 4.79 Å². The van der Waals surface area contributed by atoms with Gasteiger partial charge in [-0.05, 0) is 30.5 Å². The van der Waals surface area contributed by atoms with Gasteiger partial charge in [-0.2, -0.15) is 0 Å². The highest BCUT2D eigenvalue weighted by atomic mass is 16.6. The van der Waals surface area contributed by atoms with Crippen molar-refractivity contribution in [1.82, 2.24) is 4.90 Å². The molecule has 4 nitrogen and oxygen atoms in total. The average Bonchev–Trinajstić information content (AvgIpc) is 2.94. The smallest absolute Gasteiger partial charge is 0.410 e. The van der Waals surface area contributed by atoms with Crippen LogP contribution in [0.15, 0.2) is 24.3 Å². The zero-order chi connectivity index (χ0) is 11.8. The summed E-state index contributed by atoms with van der Waals surface area (Å²) in [4.78, 5) is 13.5. The SMILES string of the molecule is COc1ccc([C@H]2OC(=O)N3CCC[C@@H]23)cc1. The predicted molar refractivity (Wildman–Crippen MR) is 61.9 cm³/mol. The summed E-state index contributed by atoms with van der Waals surface area (Å²) < 4.78 is 10.6. The van der Waals surface area contributed by atoms with Crippen molar-refractivity contribution in [3.63, 3.8) is 0 Å². The Morgan fingerprint density at radius 2 is 2.12 bits per heavy atom. The lowest BCUT2D eigenvalue weighted by molar-refractivity contribution is 0.127. The number of fused-ring (bicyclic) bond motifs is 1. The van der Waals surface area contributed by atoms with Gasteiger partial charge in [0.25, 0.3) is 0 Å². The second-order valence-electron chi connectivity index (χ2n) is 4.48. The van der Waals surface area contributed by atoms with Crippen LogP contribution in [0.3, 0.4) is 0 Å². The molecule has 2 heterocycles. The molecule has 2 aliphatic heterocycles. The fourth-order valence-electron chi connectivity index (χ4n) is 2.67. The van der Waals surface area contributed by atoms with Crippen molar-refractivity contribution in [3.05, 3.63) is 29.8 Å². The second kappa shape index (κ2) is 3.95. The Morgan fingerprint density at radius 3 is 2.82 bits per heavy atom. The Kier molecular flexibility index (Phi) is 2.42. The first-order valence-corrected chi connectivity index (χ1v) is 5.91. The number of hydrogen-bond acceptors (Lipinski definition) is 3. The summed E-state index contributed by atoms with van der Waals surface area (Å²) in [6, 6.07) is 7.97. The maximum atomic E-state index is 11.6. The summed E-state index contributed by atoms with van der Waals surface area (Å²) in [5.41, 5.74) is 1.05. The first-order chi connectivity index (χ1) is 8.29. The van der Waals surface area contributed by atoms with E-state index in [4.69, 9.17) is 9.47 Å². The number of nitrogens with zero attached hydrogens (tertiary/aromatic N) is 1. The number of cyclic esters (lactones) is 1. The summed E-state index contributed by atoms with van der Waals surface area (Å²) in [5.74, 6) is 0.821. The third-order valence-electron chi connectivity index (χ3n) is 3.56. The van der Waals surface area contributed by atoms with Crippen LogP contribution in [0.1, 0.15) is 24.5 Å². The highest BCUT2D eigenvalue weighted by Crippen LogP contribution is 2.38. The first-order valence-electron chi connectivity index (χ1n) is 5.91. The van der Waals surface area contributed by atoms with Crippen LogP contribution in [-0.4, -0.2) is 30.7 Å². The van der Waals surface area contributed by atoms with Gasteiger partial charge in [0.2, 0.25) is 0 Å². The van der Waals surface area contributed by atoms with Crippen molar-refractivity contribution in [1.29, 1.82) is 0 Å². The number of amides is 1. The van der Waals surface area contributed by atoms with Crippen molar-refractivity contribution in [3.8, 4) is 5.75 Å². The molecule has 2 saturated heterocycles. The molecule has 0 radical (unpaired) electrons. The third kappa shape index (κ3) is 1.64. The average molecular weight is 233 g/mol. The number of benzene rings is 1. The van der Waals surface area contributed by atoms with E-state index in [-0.39, 0.29) is 18.2 Å². The molecule has 90 valence electrons. The van der Waals surface area contributed by atoms with Crippen LogP contribution < -0.4 is 4.74 Å². The van der Waals surface area contributed by atoms with Gasteiger partial charge >= 0.3 is 6.09 Å². The zero-order valence-electron chi connectivity index (χ0n) is 9.76. The van der Waals surface area contributed by atoms with Crippen LogP contribution in [0, 0.1) is 0 Å². The molecule has 0 aromatic heterocycles. The van der Waals surface area contributed by atoms with E-state index in [9.17, 15) is 4.79 Å². The van der Waals surface area contributed by atoms with Crippen molar-refractivity contribution in [2.45, 2.75) is 25.0 Å². The topological polar surface area (TPSA) is 38.8 Å². The fourth-order valence-corrected chi connectivity index (χ4v) is 2.67. The van der Waals surface area contributed by atoms with Gasteiger partial charge in [-0.3, -0.25) is 0 Å². The van der Waals surface area contributed by atoms with E-state index < -0.39 is 0 Å². The van der Waals surface area contributed by atoms with E-state index >= 15 is 0 Å². The number of carbonyl (C=O) groups excluding carboxylic acids is 1. The second-order valence-corrected chi connectivity index (χ2v) is 4.48. The monoisotopic (exact) mass is 233 g/mol. The molecule has 1 amide bonds. The highest BCUT2D eigenvalue weighted by Gasteiger charge is 2.44. The Balaban J connectivity index is 1.86. The van der Waals surface area contributed by atoms with Crippen molar-refractivity contribution in [2.24, 2.45) is 0 Å². The van der Waals surface area contributed by atoms with E-state index in [2.05, 4.69) is 0 Å². The molecule has 2 atom stereocenters. The Labute approximate surface area is 100 Å². The molecule has 3 rings (SSSR count). The van der Waals surface area contributed by atoms with E-state index in [1.54, 1.807) is 7.11 Å². The summed E-state index contributed by atoms with van der Waals surface area (Å²) in [6.45, 7) is 0.830. The molecule has 2 fully saturated rings. The molecule has 1 aromatic carbocycles. The number of methoxy groups -OCH3 is 1. The quantitative estimate of drug-likeness (QED) is 0.787. The lowest BCUT2D eigenvalue weighted by atomic mass is 10.0. The number of carbonyl (C=O) groups is 1. The minimum absolute atomic E-state index is 0.115. The summed E-state index contributed by atoms with van der Waals surface area (Å²) in [5, 5.41) is 0. The van der Waals surface area contributed by atoms with Crippen LogP contribution in [0.5, 0.6) is 5.75 Å². The van der Waals surface area contributed by atoms with E-state index in [0.29, 0.717) is 0 Å². The van der Waals surface area contributed by atoms with Crippen molar-refractivity contribution < 1.29 is 14.3 Å². The maximum Gasteiger partial charge on any atom is 0.410 e. The van der Waals surface area contributed by atoms with Gasteiger partial charge in [0, 0.05) is 6.54 Å². The van der Waals surface area contributed by atoms with Gasteiger partial charge in [0.05, 0.1) is 13.2 Å². The lowest BCUT2D eigenvalue weighted by Crippen LogP contribution is -2.27. The number of hydrogen-bond donors (Lipinski definition) is 0. The zero-order valence-corrected chi connectivity index (χ0v) is 9.76. The molecule has 2 aliphatic rings. The predicted octanol–water partition coefficient (Wildman–Crippen LogP) is 2.35. The largest absolute Gasteiger partial charge is 0.497 e. The molecule has 0 saturated carbocycles. The molecule has 4 heteroatoms. The van der Waals surface area contributed by atoms with Crippen LogP contribution in [0.25, 0.3) is 0 Å². The standard InChI is InChI=1S/C13H15NO3/c1-16-10-6-4-9(5-7-10)12-11-3-2-8-14(11)13(15)17-12/h4-7,11-12H,2-3,8H2,1H3/t11-,12+/m0/s1. The summed E-state index contributed by atoms with van der Waals surface area (Å²) >= 11 is 0.